The molecular weight excluding hydrogens is 424 g/mol. The Hall–Kier alpha value is -4.06. The molecule has 2 aromatic heterocycles. The third-order valence-electron chi connectivity index (χ3n) is 6.30. The smallest absolute Gasteiger partial charge is 0.227 e. The van der Waals surface area contributed by atoms with Crippen molar-refractivity contribution in [1.29, 1.82) is 0 Å². The van der Waals surface area contributed by atoms with Crippen molar-refractivity contribution in [3.8, 4) is 11.4 Å². The number of carbonyl (C=O) groups is 2. The Labute approximate surface area is 199 Å². The number of nitrogens with one attached hydrogen (secondary N) is 1. The van der Waals surface area contributed by atoms with E-state index >= 15 is 0 Å². The number of nitrogens with zero attached hydrogens (tertiary/aromatic N) is 3. The zero-order valence-electron chi connectivity index (χ0n) is 19.0. The zero-order valence-corrected chi connectivity index (χ0v) is 19.0. The lowest BCUT2D eigenvalue weighted by molar-refractivity contribution is -0.129. The van der Waals surface area contributed by atoms with Crippen LogP contribution in [0.5, 0.6) is 0 Å². The van der Waals surface area contributed by atoms with E-state index < -0.39 is 0 Å². The molecule has 0 bridgehead atoms. The topological polar surface area (TPSA) is 59.3 Å². The summed E-state index contributed by atoms with van der Waals surface area (Å²) in [5.41, 5.74) is 4.11. The molecule has 3 heterocycles. The molecule has 1 saturated heterocycles. The molecule has 5 rings (SSSR count). The molecule has 1 N–H and O–H groups in total. The molecule has 1 fully saturated rings. The fraction of sp³-hybridized carbons (Fsp3) is 0.214. The van der Waals surface area contributed by atoms with Crippen LogP contribution in [0.2, 0.25) is 0 Å². The van der Waals surface area contributed by atoms with E-state index in [0.717, 1.165) is 28.9 Å². The van der Waals surface area contributed by atoms with Gasteiger partial charge >= 0.3 is 0 Å². The molecule has 0 spiro atoms. The fourth-order valence-electron chi connectivity index (χ4n) is 4.44. The Morgan fingerprint density at radius 1 is 0.735 bits per heavy atom. The van der Waals surface area contributed by atoms with E-state index in [1.807, 2.05) is 112 Å². The van der Waals surface area contributed by atoms with Gasteiger partial charge in [-0.25, -0.2) is 0 Å². The van der Waals surface area contributed by atoms with Gasteiger partial charge in [0.1, 0.15) is 0 Å². The van der Waals surface area contributed by atoms with Crippen LogP contribution in [0, 0.1) is 0 Å². The molecule has 0 saturated carbocycles. The molecular formula is C28H28N4O2. The van der Waals surface area contributed by atoms with Gasteiger partial charge in [0.2, 0.25) is 11.8 Å². The first-order valence-corrected chi connectivity index (χ1v) is 11.7. The molecule has 0 aliphatic carbocycles. The van der Waals surface area contributed by atoms with Gasteiger partial charge in [-0.05, 0) is 66.1 Å². The summed E-state index contributed by atoms with van der Waals surface area (Å²) in [7, 11) is 0. The number of aromatic nitrogens is 2. The average molecular weight is 453 g/mol. The van der Waals surface area contributed by atoms with Crippen LogP contribution < -0.4 is 5.32 Å². The normalized spacial score (nSPS) is 15.4. The van der Waals surface area contributed by atoms with Crippen LogP contribution in [0.15, 0.2) is 97.6 Å². The van der Waals surface area contributed by atoms with Gasteiger partial charge in [0.05, 0.1) is 12.8 Å². The number of amides is 2. The number of rotatable bonds is 7. The number of carbonyl (C=O) groups excluding carboxylic acids is 2. The summed E-state index contributed by atoms with van der Waals surface area (Å²) in [6, 6.07) is 24.0. The standard InChI is InChI=1S/C28H28N4O2/c33-27(19-22-5-9-25(10-6-22)30-14-1-2-15-30)29-24-13-18-32(21-24)28(34)20-23-7-11-26(12-8-23)31-16-3-4-17-31/h1-12,14-17,24H,13,18-21H2,(H,29,33)/t24-/m1/s1. The van der Waals surface area contributed by atoms with Crippen LogP contribution in [0.4, 0.5) is 0 Å². The molecule has 2 amide bonds. The monoisotopic (exact) mass is 452 g/mol. The van der Waals surface area contributed by atoms with Crippen LogP contribution in [0.3, 0.4) is 0 Å². The largest absolute Gasteiger partial charge is 0.351 e. The van der Waals surface area contributed by atoms with E-state index in [1.165, 1.54) is 0 Å². The highest BCUT2D eigenvalue weighted by Crippen LogP contribution is 2.15. The minimum atomic E-state index is -0.00591. The molecule has 1 aliphatic rings. The van der Waals surface area contributed by atoms with Crippen LogP contribution in [0.25, 0.3) is 11.4 Å². The number of hydrogen-bond donors (Lipinski definition) is 1. The van der Waals surface area contributed by atoms with E-state index in [0.29, 0.717) is 25.9 Å². The molecule has 6 heteroatoms. The summed E-state index contributed by atoms with van der Waals surface area (Å²) < 4.78 is 4.07. The van der Waals surface area contributed by atoms with Crippen molar-refractivity contribution in [3.05, 3.63) is 109 Å². The van der Waals surface area contributed by atoms with Gasteiger partial charge in [-0.3, -0.25) is 9.59 Å². The minimum Gasteiger partial charge on any atom is -0.351 e. The van der Waals surface area contributed by atoms with E-state index in [2.05, 4.69) is 5.32 Å². The molecule has 2 aromatic carbocycles. The van der Waals surface area contributed by atoms with Gasteiger partial charge in [-0.2, -0.15) is 0 Å². The highest BCUT2D eigenvalue weighted by molar-refractivity contribution is 5.80. The predicted molar refractivity (Wildman–Crippen MR) is 132 cm³/mol. The summed E-state index contributed by atoms with van der Waals surface area (Å²) >= 11 is 0. The SMILES string of the molecule is O=C(Cc1ccc(-n2cccc2)cc1)N[C@@H]1CCN(C(=O)Cc2ccc(-n3cccc3)cc2)C1. The van der Waals surface area contributed by atoms with E-state index in [-0.39, 0.29) is 17.9 Å². The van der Waals surface area contributed by atoms with Crippen LogP contribution >= 0.6 is 0 Å². The summed E-state index contributed by atoms with van der Waals surface area (Å²) in [4.78, 5) is 27.2. The van der Waals surface area contributed by atoms with Gasteiger partial charge in [-0.15, -0.1) is 0 Å². The lowest BCUT2D eigenvalue weighted by Gasteiger charge is -2.17. The summed E-state index contributed by atoms with van der Waals surface area (Å²) in [6.07, 6.45) is 9.48. The molecule has 172 valence electrons. The Morgan fingerprint density at radius 3 is 1.76 bits per heavy atom. The van der Waals surface area contributed by atoms with E-state index in [1.54, 1.807) is 0 Å². The van der Waals surface area contributed by atoms with Crippen molar-refractivity contribution in [2.24, 2.45) is 0 Å². The maximum absolute atomic E-state index is 12.8. The second kappa shape index (κ2) is 9.83. The van der Waals surface area contributed by atoms with Crippen LogP contribution in [-0.4, -0.2) is 45.0 Å². The second-order valence-corrected chi connectivity index (χ2v) is 8.76. The summed E-state index contributed by atoms with van der Waals surface area (Å²) in [6.45, 7) is 1.25. The first-order chi connectivity index (χ1) is 16.6. The lowest BCUT2D eigenvalue weighted by Crippen LogP contribution is -2.39. The zero-order chi connectivity index (χ0) is 23.3. The number of likely N-dealkylation sites (tertiary alicyclic amines) is 1. The Bertz CT molecular complexity index is 1230. The second-order valence-electron chi connectivity index (χ2n) is 8.76. The molecule has 6 nitrogen and oxygen atoms in total. The molecule has 34 heavy (non-hydrogen) atoms. The quantitative estimate of drug-likeness (QED) is 0.464. The maximum Gasteiger partial charge on any atom is 0.227 e. The lowest BCUT2D eigenvalue weighted by atomic mass is 10.1. The molecule has 1 atom stereocenters. The van der Waals surface area contributed by atoms with E-state index in [4.69, 9.17) is 0 Å². The number of hydrogen-bond acceptors (Lipinski definition) is 2. The Morgan fingerprint density at radius 2 is 1.24 bits per heavy atom. The highest BCUT2D eigenvalue weighted by atomic mass is 16.2. The van der Waals surface area contributed by atoms with Crippen LogP contribution in [0.1, 0.15) is 17.5 Å². The highest BCUT2D eigenvalue weighted by Gasteiger charge is 2.27. The van der Waals surface area contributed by atoms with Crippen LogP contribution in [-0.2, 0) is 22.4 Å². The summed E-state index contributed by atoms with van der Waals surface area (Å²) in [5.74, 6) is 0.0969. The van der Waals surface area contributed by atoms with Gasteiger partial charge in [-0.1, -0.05) is 24.3 Å². The Balaban J connectivity index is 1.09. The predicted octanol–water partition coefficient (Wildman–Crippen LogP) is 3.77. The molecule has 1 aliphatic heterocycles. The van der Waals surface area contributed by atoms with Gasteiger partial charge < -0.3 is 19.4 Å². The minimum absolute atomic E-state index is 0.00591. The molecule has 0 radical (unpaired) electrons. The van der Waals surface area contributed by atoms with Crippen molar-refractivity contribution in [2.75, 3.05) is 13.1 Å². The third kappa shape index (κ3) is 5.12. The van der Waals surface area contributed by atoms with E-state index in [9.17, 15) is 9.59 Å². The van der Waals surface area contributed by atoms with Crippen molar-refractivity contribution >= 4 is 11.8 Å². The fourth-order valence-corrected chi connectivity index (χ4v) is 4.44. The average Bonchev–Trinajstić information content (AvgIpc) is 3.63. The maximum atomic E-state index is 12.8. The Kier molecular flexibility index (Phi) is 6.29. The van der Waals surface area contributed by atoms with Gasteiger partial charge in [0.15, 0.2) is 0 Å². The third-order valence-corrected chi connectivity index (χ3v) is 6.30. The first-order valence-electron chi connectivity index (χ1n) is 11.7. The van der Waals surface area contributed by atoms with Crippen molar-refractivity contribution in [1.82, 2.24) is 19.4 Å². The number of benzene rings is 2. The molecule has 4 aromatic rings. The van der Waals surface area contributed by atoms with Gasteiger partial charge in [0.25, 0.3) is 0 Å². The van der Waals surface area contributed by atoms with Crippen molar-refractivity contribution in [3.63, 3.8) is 0 Å². The van der Waals surface area contributed by atoms with Crippen molar-refractivity contribution in [2.45, 2.75) is 25.3 Å². The van der Waals surface area contributed by atoms with Gasteiger partial charge in [0, 0.05) is 55.3 Å². The first kappa shape index (κ1) is 21.8. The van der Waals surface area contributed by atoms with Crippen molar-refractivity contribution < 1.29 is 9.59 Å². The molecule has 0 unspecified atom stereocenters. The summed E-state index contributed by atoms with van der Waals surface area (Å²) in [5, 5.41) is 3.10.